The number of aromatic nitrogens is 1. The van der Waals surface area contributed by atoms with Gasteiger partial charge in [-0.3, -0.25) is 0 Å². The Kier molecular flexibility index (Phi) is 4.52. The summed E-state index contributed by atoms with van der Waals surface area (Å²) >= 11 is 0. The van der Waals surface area contributed by atoms with Gasteiger partial charge in [-0.25, -0.2) is 9.78 Å². The van der Waals surface area contributed by atoms with Gasteiger partial charge in [-0.2, -0.15) is 13.2 Å². The van der Waals surface area contributed by atoms with Crippen molar-refractivity contribution in [2.24, 2.45) is 0 Å². The maximum atomic E-state index is 12.6. The summed E-state index contributed by atoms with van der Waals surface area (Å²) in [6.07, 6.45) is -3.53. The van der Waals surface area contributed by atoms with Crippen molar-refractivity contribution in [3.8, 4) is 0 Å². The van der Waals surface area contributed by atoms with Gasteiger partial charge in [0.2, 0.25) is 0 Å². The van der Waals surface area contributed by atoms with E-state index in [4.69, 9.17) is 5.11 Å². The van der Waals surface area contributed by atoms with E-state index in [0.29, 0.717) is 32.0 Å². The van der Waals surface area contributed by atoms with Crippen molar-refractivity contribution in [2.75, 3.05) is 36.0 Å². The third-order valence-corrected chi connectivity index (χ3v) is 4.16. The van der Waals surface area contributed by atoms with Crippen LogP contribution in [-0.4, -0.2) is 42.2 Å². The first-order valence-corrected chi connectivity index (χ1v) is 7.71. The highest BCUT2D eigenvalue weighted by atomic mass is 19.4. The van der Waals surface area contributed by atoms with Crippen molar-refractivity contribution in [3.05, 3.63) is 53.7 Å². The molecule has 0 bridgehead atoms. The maximum absolute atomic E-state index is 12.6. The minimum atomic E-state index is -4.38. The molecule has 0 aliphatic carbocycles. The molecule has 1 aromatic heterocycles. The SMILES string of the molecule is O=C(O)c1ccc(N2CCN(c3ccc(C(F)(F)F)cn3)CC2)cc1. The summed E-state index contributed by atoms with van der Waals surface area (Å²) in [4.78, 5) is 18.8. The number of anilines is 2. The summed E-state index contributed by atoms with van der Waals surface area (Å²) < 4.78 is 37.7. The molecule has 1 N–H and O–H groups in total. The number of carboxylic acid groups (broad SMARTS) is 1. The molecule has 0 saturated carbocycles. The first-order valence-electron chi connectivity index (χ1n) is 7.71. The minimum absolute atomic E-state index is 0.233. The highest BCUT2D eigenvalue weighted by molar-refractivity contribution is 5.88. The van der Waals surface area contributed by atoms with Crippen LogP contribution >= 0.6 is 0 Å². The Hall–Kier alpha value is -2.77. The van der Waals surface area contributed by atoms with Crippen LogP contribution in [0.3, 0.4) is 0 Å². The van der Waals surface area contributed by atoms with Crippen molar-refractivity contribution in [3.63, 3.8) is 0 Å². The van der Waals surface area contributed by atoms with E-state index < -0.39 is 17.7 Å². The molecule has 0 unspecified atom stereocenters. The van der Waals surface area contributed by atoms with E-state index >= 15 is 0 Å². The second kappa shape index (κ2) is 6.62. The molecule has 132 valence electrons. The molecule has 0 spiro atoms. The largest absolute Gasteiger partial charge is 0.478 e. The number of piperazine rings is 1. The number of nitrogens with zero attached hydrogens (tertiary/aromatic N) is 3. The average Bonchev–Trinajstić information content (AvgIpc) is 2.61. The Balaban J connectivity index is 1.62. The van der Waals surface area contributed by atoms with E-state index in [1.165, 1.54) is 6.07 Å². The van der Waals surface area contributed by atoms with Crippen LogP contribution in [0, 0.1) is 0 Å². The molecule has 5 nitrogen and oxygen atoms in total. The van der Waals surface area contributed by atoms with Crippen LogP contribution in [0.15, 0.2) is 42.6 Å². The molecule has 0 amide bonds. The summed E-state index contributed by atoms with van der Waals surface area (Å²) in [6.45, 7) is 2.60. The van der Waals surface area contributed by atoms with Crippen LogP contribution in [0.4, 0.5) is 24.7 Å². The van der Waals surface area contributed by atoms with Gasteiger partial charge in [-0.05, 0) is 36.4 Å². The van der Waals surface area contributed by atoms with Gasteiger partial charge in [0.1, 0.15) is 5.82 Å². The molecule has 2 aromatic rings. The quantitative estimate of drug-likeness (QED) is 0.921. The van der Waals surface area contributed by atoms with Gasteiger partial charge in [-0.15, -0.1) is 0 Å². The number of benzene rings is 1. The molecular weight excluding hydrogens is 335 g/mol. The van der Waals surface area contributed by atoms with Crippen LogP contribution < -0.4 is 9.80 Å². The van der Waals surface area contributed by atoms with Crippen LogP contribution in [0.2, 0.25) is 0 Å². The Morgan fingerprint density at radius 2 is 1.56 bits per heavy atom. The number of rotatable bonds is 3. The number of aromatic carboxylic acids is 1. The zero-order chi connectivity index (χ0) is 18.0. The van der Waals surface area contributed by atoms with Gasteiger partial charge in [0.25, 0.3) is 0 Å². The lowest BCUT2D eigenvalue weighted by Crippen LogP contribution is -2.46. The van der Waals surface area contributed by atoms with Gasteiger partial charge >= 0.3 is 12.1 Å². The Labute approximate surface area is 142 Å². The van der Waals surface area contributed by atoms with Gasteiger partial charge in [0, 0.05) is 38.1 Å². The standard InChI is InChI=1S/C17H16F3N3O2/c18-17(19,20)13-3-6-15(21-11-13)23-9-7-22(8-10-23)14-4-1-12(2-5-14)16(24)25/h1-6,11H,7-10H2,(H,24,25). The average molecular weight is 351 g/mol. The second-order valence-electron chi connectivity index (χ2n) is 5.73. The minimum Gasteiger partial charge on any atom is -0.478 e. The van der Waals surface area contributed by atoms with Crippen LogP contribution in [-0.2, 0) is 6.18 Å². The van der Waals surface area contributed by atoms with E-state index in [-0.39, 0.29) is 5.56 Å². The lowest BCUT2D eigenvalue weighted by atomic mass is 10.2. The van der Waals surface area contributed by atoms with Crippen molar-refractivity contribution in [1.29, 1.82) is 0 Å². The number of pyridine rings is 1. The molecule has 0 radical (unpaired) electrons. The summed E-state index contributed by atoms with van der Waals surface area (Å²) in [6, 6.07) is 9.06. The fourth-order valence-corrected chi connectivity index (χ4v) is 2.75. The zero-order valence-corrected chi connectivity index (χ0v) is 13.2. The normalized spacial score (nSPS) is 15.3. The van der Waals surface area contributed by atoms with Gasteiger partial charge in [-0.1, -0.05) is 0 Å². The van der Waals surface area contributed by atoms with Gasteiger partial charge in [0.15, 0.2) is 0 Å². The predicted molar refractivity (Wildman–Crippen MR) is 87.1 cm³/mol. The topological polar surface area (TPSA) is 56.7 Å². The highest BCUT2D eigenvalue weighted by Gasteiger charge is 2.31. The highest BCUT2D eigenvalue weighted by Crippen LogP contribution is 2.29. The summed E-state index contributed by atoms with van der Waals surface area (Å²) in [5, 5.41) is 8.92. The van der Waals surface area contributed by atoms with E-state index in [0.717, 1.165) is 18.0 Å². The third-order valence-electron chi connectivity index (χ3n) is 4.16. The molecule has 8 heteroatoms. The van der Waals surface area contributed by atoms with Crippen molar-refractivity contribution < 1.29 is 23.1 Å². The fourth-order valence-electron chi connectivity index (χ4n) is 2.75. The van der Waals surface area contributed by atoms with Crippen LogP contribution in [0.25, 0.3) is 0 Å². The molecule has 1 fully saturated rings. The first-order chi connectivity index (χ1) is 11.8. The summed E-state index contributed by atoms with van der Waals surface area (Å²) in [7, 11) is 0. The van der Waals surface area contributed by atoms with E-state index in [1.807, 2.05) is 4.90 Å². The monoisotopic (exact) mass is 351 g/mol. The third kappa shape index (κ3) is 3.84. The van der Waals surface area contributed by atoms with Crippen molar-refractivity contribution >= 4 is 17.5 Å². The van der Waals surface area contributed by atoms with Crippen molar-refractivity contribution in [1.82, 2.24) is 4.98 Å². The molecule has 2 heterocycles. The van der Waals surface area contributed by atoms with Gasteiger partial charge in [0.05, 0.1) is 11.1 Å². The number of alkyl halides is 3. The number of hydrogen-bond donors (Lipinski definition) is 1. The molecule has 25 heavy (non-hydrogen) atoms. The van der Waals surface area contributed by atoms with Crippen molar-refractivity contribution in [2.45, 2.75) is 6.18 Å². The second-order valence-corrected chi connectivity index (χ2v) is 5.73. The van der Waals surface area contributed by atoms with E-state index in [2.05, 4.69) is 9.88 Å². The molecule has 1 aliphatic heterocycles. The lowest BCUT2D eigenvalue weighted by Gasteiger charge is -2.36. The number of carbonyl (C=O) groups is 1. The predicted octanol–water partition coefficient (Wildman–Crippen LogP) is 3.13. The van der Waals surface area contributed by atoms with Crippen LogP contribution in [0.5, 0.6) is 0 Å². The first kappa shape index (κ1) is 17.1. The lowest BCUT2D eigenvalue weighted by molar-refractivity contribution is -0.137. The summed E-state index contributed by atoms with van der Waals surface area (Å²) in [5.74, 6) is -0.446. The Morgan fingerprint density at radius 3 is 2.04 bits per heavy atom. The fraction of sp³-hybridized carbons (Fsp3) is 0.294. The smallest absolute Gasteiger partial charge is 0.417 e. The number of carboxylic acids is 1. The number of halogens is 3. The molecule has 0 atom stereocenters. The van der Waals surface area contributed by atoms with E-state index in [9.17, 15) is 18.0 Å². The summed E-state index contributed by atoms with van der Waals surface area (Å²) in [5.41, 5.74) is 0.398. The molecule has 1 aromatic carbocycles. The zero-order valence-electron chi connectivity index (χ0n) is 13.2. The van der Waals surface area contributed by atoms with Gasteiger partial charge < -0.3 is 14.9 Å². The molecular formula is C17H16F3N3O2. The maximum Gasteiger partial charge on any atom is 0.417 e. The molecule has 3 rings (SSSR count). The Bertz CT molecular complexity index is 737. The molecule has 1 saturated heterocycles. The number of hydrogen-bond acceptors (Lipinski definition) is 4. The molecule has 1 aliphatic rings. The van der Waals surface area contributed by atoms with Crippen LogP contribution in [0.1, 0.15) is 15.9 Å². The van der Waals surface area contributed by atoms with E-state index in [1.54, 1.807) is 24.3 Å². The Morgan fingerprint density at radius 1 is 0.960 bits per heavy atom.